The second-order valence-corrected chi connectivity index (χ2v) is 7.54. The van der Waals surface area contributed by atoms with E-state index in [2.05, 4.69) is 25.6 Å². The molecule has 108 valence electrons. The van der Waals surface area contributed by atoms with Gasteiger partial charge in [0.05, 0.1) is 16.7 Å². The Hall–Kier alpha value is -1.03. The number of hydrogen-bond donors (Lipinski definition) is 2. The van der Waals surface area contributed by atoms with Crippen molar-refractivity contribution in [3.8, 4) is 0 Å². The molecular formula is C11H11BrFN3O2S2. The number of benzene rings is 1. The van der Waals surface area contributed by atoms with Gasteiger partial charge in [-0.1, -0.05) is 0 Å². The largest absolute Gasteiger partial charge is 0.398 e. The topological polar surface area (TPSA) is 85.1 Å². The molecule has 20 heavy (non-hydrogen) atoms. The number of hydrogen-bond acceptors (Lipinski definition) is 5. The number of rotatable bonds is 4. The summed E-state index contributed by atoms with van der Waals surface area (Å²) in [5, 5.41) is 2.47. The van der Waals surface area contributed by atoms with Crippen molar-refractivity contribution in [1.29, 1.82) is 0 Å². The second kappa shape index (κ2) is 5.76. The first kappa shape index (κ1) is 15.4. The molecule has 0 aliphatic carbocycles. The molecule has 1 heterocycles. The monoisotopic (exact) mass is 379 g/mol. The summed E-state index contributed by atoms with van der Waals surface area (Å²) in [7, 11) is -3.82. The predicted octanol–water partition coefficient (Wildman–Crippen LogP) is 2.41. The second-order valence-electron chi connectivity index (χ2n) is 4.01. The van der Waals surface area contributed by atoms with Crippen LogP contribution >= 0.6 is 27.3 Å². The van der Waals surface area contributed by atoms with Crippen molar-refractivity contribution in [1.82, 2.24) is 9.71 Å². The zero-order valence-corrected chi connectivity index (χ0v) is 13.6. The third kappa shape index (κ3) is 3.35. The van der Waals surface area contributed by atoms with E-state index in [-0.39, 0.29) is 21.6 Å². The Labute approximate surface area is 128 Å². The summed E-state index contributed by atoms with van der Waals surface area (Å²) in [5.74, 6) is -0.614. The van der Waals surface area contributed by atoms with E-state index in [4.69, 9.17) is 5.73 Å². The zero-order valence-electron chi connectivity index (χ0n) is 10.4. The van der Waals surface area contributed by atoms with Gasteiger partial charge in [-0.25, -0.2) is 22.5 Å². The van der Waals surface area contributed by atoms with Gasteiger partial charge in [-0.15, -0.1) is 11.3 Å². The standard InChI is InChI=1S/C11H11BrFN3O2S2/c1-6-5-19-11(16-6)4-15-20(17,18)10-2-7(12)8(13)3-9(10)14/h2-3,5,15H,4,14H2,1H3. The van der Waals surface area contributed by atoms with Crippen LogP contribution < -0.4 is 10.5 Å². The maximum Gasteiger partial charge on any atom is 0.243 e. The van der Waals surface area contributed by atoms with Crippen molar-refractivity contribution in [3.05, 3.63) is 38.5 Å². The zero-order chi connectivity index (χ0) is 14.9. The maximum absolute atomic E-state index is 13.3. The lowest BCUT2D eigenvalue weighted by atomic mass is 10.3. The summed E-state index contributed by atoms with van der Waals surface area (Å²) in [6.45, 7) is 1.89. The Bertz CT molecular complexity index is 746. The first-order valence-corrected chi connectivity index (χ1v) is 8.60. The minimum absolute atomic E-state index is 0.0390. The lowest BCUT2D eigenvalue weighted by molar-refractivity contribution is 0.580. The highest BCUT2D eigenvalue weighted by Crippen LogP contribution is 2.26. The van der Waals surface area contributed by atoms with Crippen molar-refractivity contribution in [3.63, 3.8) is 0 Å². The summed E-state index contributed by atoms with van der Waals surface area (Å²) >= 11 is 4.30. The van der Waals surface area contributed by atoms with Gasteiger partial charge in [0.25, 0.3) is 0 Å². The highest BCUT2D eigenvalue weighted by molar-refractivity contribution is 9.10. The Kier molecular flexibility index (Phi) is 4.43. The van der Waals surface area contributed by atoms with Gasteiger partial charge in [-0.3, -0.25) is 0 Å². The van der Waals surface area contributed by atoms with E-state index in [0.717, 1.165) is 17.8 Å². The van der Waals surface area contributed by atoms with Crippen LogP contribution in [0.3, 0.4) is 0 Å². The van der Waals surface area contributed by atoms with Crippen LogP contribution in [0.2, 0.25) is 0 Å². The summed E-state index contributed by atoms with van der Waals surface area (Å²) in [5.41, 5.74) is 6.24. The molecule has 1 aromatic heterocycles. The number of nitrogens with one attached hydrogen (secondary N) is 1. The molecule has 0 saturated heterocycles. The Morgan fingerprint density at radius 2 is 2.20 bits per heavy atom. The van der Waals surface area contributed by atoms with Crippen molar-refractivity contribution < 1.29 is 12.8 Å². The number of nitrogens with two attached hydrogens (primary N) is 1. The highest BCUT2D eigenvalue weighted by atomic mass is 79.9. The van der Waals surface area contributed by atoms with E-state index in [1.165, 1.54) is 11.3 Å². The van der Waals surface area contributed by atoms with Gasteiger partial charge < -0.3 is 5.73 Å². The number of aromatic nitrogens is 1. The predicted molar refractivity (Wildman–Crippen MR) is 79.4 cm³/mol. The minimum Gasteiger partial charge on any atom is -0.398 e. The smallest absolute Gasteiger partial charge is 0.243 e. The molecule has 0 spiro atoms. The average Bonchev–Trinajstić information content (AvgIpc) is 2.77. The van der Waals surface area contributed by atoms with Gasteiger partial charge in [0, 0.05) is 11.1 Å². The average molecular weight is 380 g/mol. The van der Waals surface area contributed by atoms with Crippen LogP contribution in [0.5, 0.6) is 0 Å². The number of thiazole rings is 1. The van der Waals surface area contributed by atoms with E-state index in [9.17, 15) is 12.8 Å². The number of sulfonamides is 1. The van der Waals surface area contributed by atoms with Crippen LogP contribution in [0.25, 0.3) is 0 Å². The maximum atomic E-state index is 13.3. The number of anilines is 1. The van der Waals surface area contributed by atoms with Crippen LogP contribution in [0, 0.1) is 12.7 Å². The third-order valence-electron chi connectivity index (χ3n) is 2.42. The molecular weight excluding hydrogens is 369 g/mol. The van der Waals surface area contributed by atoms with Gasteiger partial charge in [0.1, 0.15) is 15.7 Å². The molecule has 0 aliphatic heterocycles. The van der Waals surface area contributed by atoms with Crippen molar-refractivity contribution in [2.75, 3.05) is 5.73 Å². The van der Waals surface area contributed by atoms with Gasteiger partial charge in [-0.2, -0.15) is 0 Å². The summed E-state index contributed by atoms with van der Waals surface area (Å²) in [6.07, 6.45) is 0. The number of nitrogens with zero attached hydrogens (tertiary/aromatic N) is 1. The molecule has 0 saturated carbocycles. The normalized spacial score (nSPS) is 11.8. The molecule has 2 aromatic rings. The van der Waals surface area contributed by atoms with Crippen LogP contribution in [-0.4, -0.2) is 13.4 Å². The molecule has 9 heteroatoms. The highest BCUT2D eigenvalue weighted by Gasteiger charge is 2.20. The molecule has 0 unspecified atom stereocenters. The number of halogens is 2. The van der Waals surface area contributed by atoms with E-state index in [0.29, 0.717) is 5.01 Å². The molecule has 0 amide bonds. The minimum atomic E-state index is -3.82. The molecule has 1 aromatic carbocycles. The van der Waals surface area contributed by atoms with Crippen LogP contribution in [0.1, 0.15) is 10.7 Å². The van der Waals surface area contributed by atoms with Crippen LogP contribution in [0.4, 0.5) is 10.1 Å². The lowest BCUT2D eigenvalue weighted by Gasteiger charge is -2.09. The molecule has 2 rings (SSSR count). The lowest BCUT2D eigenvalue weighted by Crippen LogP contribution is -2.24. The van der Waals surface area contributed by atoms with Gasteiger partial charge >= 0.3 is 0 Å². The molecule has 0 fully saturated rings. The fraction of sp³-hybridized carbons (Fsp3) is 0.182. The number of nitrogen functional groups attached to an aromatic ring is 1. The molecule has 0 bridgehead atoms. The molecule has 3 N–H and O–H groups in total. The fourth-order valence-corrected chi connectivity index (χ4v) is 3.92. The Morgan fingerprint density at radius 1 is 1.50 bits per heavy atom. The van der Waals surface area contributed by atoms with Gasteiger partial charge in [0.2, 0.25) is 10.0 Å². The molecule has 0 aliphatic rings. The number of aryl methyl sites for hydroxylation is 1. The molecule has 0 radical (unpaired) electrons. The Morgan fingerprint density at radius 3 is 2.80 bits per heavy atom. The van der Waals surface area contributed by atoms with E-state index >= 15 is 0 Å². The Balaban J connectivity index is 2.24. The summed E-state index contributed by atoms with van der Waals surface area (Å²) in [6, 6.07) is 2.10. The fourth-order valence-electron chi connectivity index (χ4n) is 1.50. The van der Waals surface area contributed by atoms with Crippen LogP contribution in [0.15, 0.2) is 26.9 Å². The van der Waals surface area contributed by atoms with E-state index in [1.54, 1.807) is 0 Å². The van der Waals surface area contributed by atoms with E-state index < -0.39 is 15.8 Å². The van der Waals surface area contributed by atoms with Gasteiger partial charge in [0.15, 0.2) is 0 Å². The van der Waals surface area contributed by atoms with Crippen molar-refractivity contribution >= 4 is 43.0 Å². The van der Waals surface area contributed by atoms with E-state index in [1.807, 2.05) is 12.3 Å². The first-order valence-electron chi connectivity index (χ1n) is 5.45. The first-order chi connectivity index (χ1) is 9.29. The quantitative estimate of drug-likeness (QED) is 0.798. The third-order valence-corrected chi connectivity index (χ3v) is 5.45. The van der Waals surface area contributed by atoms with Crippen LogP contribution in [-0.2, 0) is 16.6 Å². The molecule has 0 atom stereocenters. The van der Waals surface area contributed by atoms with Crippen molar-refractivity contribution in [2.24, 2.45) is 0 Å². The summed E-state index contributed by atoms with van der Waals surface area (Å²) in [4.78, 5) is 3.99. The van der Waals surface area contributed by atoms with Crippen molar-refractivity contribution in [2.45, 2.75) is 18.4 Å². The summed E-state index contributed by atoms with van der Waals surface area (Å²) < 4.78 is 40.0. The van der Waals surface area contributed by atoms with Gasteiger partial charge in [-0.05, 0) is 35.0 Å². The molecule has 5 nitrogen and oxygen atoms in total. The SMILES string of the molecule is Cc1csc(CNS(=O)(=O)c2cc(Br)c(F)cc2N)n1.